The van der Waals surface area contributed by atoms with Gasteiger partial charge in [-0.25, -0.2) is 0 Å². The van der Waals surface area contributed by atoms with E-state index in [-0.39, 0.29) is 16.9 Å². The molecule has 3 fully saturated rings. The standard InChI is InChI=1S/C18H26O2/c1-17-11-8-14-12(13(17)5-7-15(17)19)4-6-16(20)18(14)9-2-3-10-18/h8,12-13,15,19H,2-7,9-11H2,1H3/t12-,13-,15-,17-/m1/s1. The van der Waals surface area contributed by atoms with Crippen molar-refractivity contribution < 1.29 is 9.90 Å². The Balaban J connectivity index is 1.76. The lowest BCUT2D eigenvalue weighted by Gasteiger charge is -2.50. The second-order valence-corrected chi connectivity index (χ2v) is 7.93. The molecule has 4 aliphatic rings. The van der Waals surface area contributed by atoms with Crippen LogP contribution in [0.1, 0.15) is 64.7 Å². The van der Waals surface area contributed by atoms with Gasteiger partial charge in [0.05, 0.1) is 11.5 Å². The highest BCUT2D eigenvalue weighted by molar-refractivity contribution is 5.89. The van der Waals surface area contributed by atoms with Gasteiger partial charge in [-0.3, -0.25) is 4.79 Å². The molecule has 0 heterocycles. The predicted molar refractivity (Wildman–Crippen MR) is 78.2 cm³/mol. The highest BCUT2D eigenvalue weighted by Crippen LogP contribution is 2.62. The zero-order valence-electron chi connectivity index (χ0n) is 12.5. The molecule has 2 heteroatoms. The molecule has 0 aromatic heterocycles. The summed E-state index contributed by atoms with van der Waals surface area (Å²) < 4.78 is 0. The molecular weight excluding hydrogens is 248 g/mol. The van der Waals surface area contributed by atoms with Gasteiger partial charge in [-0.1, -0.05) is 31.4 Å². The number of rotatable bonds is 0. The number of ketones is 1. The molecule has 0 bridgehead atoms. The zero-order chi connectivity index (χ0) is 14.0. The molecule has 0 aromatic carbocycles. The van der Waals surface area contributed by atoms with E-state index in [0.29, 0.717) is 17.6 Å². The van der Waals surface area contributed by atoms with Gasteiger partial charge in [-0.15, -0.1) is 0 Å². The Labute approximate surface area is 121 Å². The maximum Gasteiger partial charge on any atom is 0.143 e. The minimum atomic E-state index is -0.137. The average molecular weight is 274 g/mol. The van der Waals surface area contributed by atoms with Crippen LogP contribution in [0.25, 0.3) is 0 Å². The topological polar surface area (TPSA) is 37.3 Å². The van der Waals surface area contributed by atoms with E-state index in [9.17, 15) is 9.90 Å². The number of aliphatic hydroxyl groups is 1. The van der Waals surface area contributed by atoms with E-state index in [1.165, 1.54) is 18.4 Å². The van der Waals surface area contributed by atoms with Crippen LogP contribution in [0.15, 0.2) is 11.6 Å². The quantitative estimate of drug-likeness (QED) is 0.685. The maximum absolute atomic E-state index is 12.6. The third kappa shape index (κ3) is 1.46. The van der Waals surface area contributed by atoms with E-state index in [0.717, 1.165) is 44.9 Å². The molecule has 0 saturated heterocycles. The molecule has 0 unspecified atom stereocenters. The first-order chi connectivity index (χ1) is 9.58. The number of hydrogen-bond donors (Lipinski definition) is 1. The second-order valence-electron chi connectivity index (χ2n) is 7.93. The van der Waals surface area contributed by atoms with Crippen molar-refractivity contribution in [3.8, 4) is 0 Å². The van der Waals surface area contributed by atoms with Crippen molar-refractivity contribution in [2.75, 3.05) is 0 Å². The molecule has 1 spiro atoms. The van der Waals surface area contributed by atoms with Crippen LogP contribution in [-0.2, 0) is 4.79 Å². The van der Waals surface area contributed by atoms with Gasteiger partial charge < -0.3 is 5.11 Å². The highest BCUT2D eigenvalue weighted by atomic mass is 16.3. The van der Waals surface area contributed by atoms with Gasteiger partial charge in [0.2, 0.25) is 0 Å². The normalized spacial score (nSPS) is 46.2. The van der Waals surface area contributed by atoms with Crippen LogP contribution < -0.4 is 0 Å². The van der Waals surface area contributed by atoms with Crippen molar-refractivity contribution >= 4 is 5.78 Å². The van der Waals surface area contributed by atoms with E-state index < -0.39 is 0 Å². The minimum absolute atomic E-state index is 0.0716. The number of allylic oxidation sites excluding steroid dienone is 2. The van der Waals surface area contributed by atoms with Crippen LogP contribution in [0.4, 0.5) is 0 Å². The van der Waals surface area contributed by atoms with Gasteiger partial charge in [0.15, 0.2) is 0 Å². The van der Waals surface area contributed by atoms with Crippen LogP contribution in [0.5, 0.6) is 0 Å². The third-order valence-corrected chi connectivity index (χ3v) is 7.23. The fourth-order valence-electron chi connectivity index (χ4n) is 6.03. The Morgan fingerprint density at radius 2 is 1.95 bits per heavy atom. The van der Waals surface area contributed by atoms with Crippen LogP contribution in [0.2, 0.25) is 0 Å². The molecule has 20 heavy (non-hydrogen) atoms. The monoisotopic (exact) mass is 274 g/mol. The van der Waals surface area contributed by atoms with Crippen molar-refractivity contribution in [1.82, 2.24) is 0 Å². The molecule has 4 aliphatic carbocycles. The molecule has 1 N–H and O–H groups in total. The first-order valence-electron chi connectivity index (χ1n) is 8.50. The molecule has 4 atom stereocenters. The third-order valence-electron chi connectivity index (χ3n) is 7.23. The summed E-state index contributed by atoms with van der Waals surface area (Å²) in [6.07, 6.45) is 11.8. The summed E-state index contributed by atoms with van der Waals surface area (Å²) in [5.74, 6) is 1.73. The molecule has 0 amide bonds. The van der Waals surface area contributed by atoms with Crippen LogP contribution in [0.3, 0.4) is 0 Å². The Morgan fingerprint density at radius 3 is 2.70 bits per heavy atom. The van der Waals surface area contributed by atoms with E-state index in [1.807, 2.05) is 0 Å². The lowest BCUT2D eigenvalue weighted by atomic mass is 9.53. The van der Waals surface area contributed by atoms with Crippen molar-refractivity contribution in [3.05, 3.63) is 11.6 Å². The number of Topliss-reactive ketones (excluding diaryl/α,β-unsaturated/α-hetero) is 1. The lowest BCUT2D eigenvalue weighted by Crippen LogP contribution is -2.47. The van der Waals surface area contributed by atoms with Crippen molar-refractivity contribution in [2.45, 2.75) is 70.8 Å². The van der Waals surface area contributed by atoms with Gasteiger partial charge in [0.1, 0.15) is 5.78 Å². The van der Waals surface area contributed by atoms with Crippen LogP contribution in [0, 0.1) is 22.7 Å². The minimum Gasteiger partial charge on any atom is -0.393 e. The number of fused-ring (bicyclic) bond motifs is 4. The molecule has 3 saturated carbocycles. The first kappa shape index (κ1) is 13.1. The average Bonchev–Trinajstić information content (AvgIpc) is 3.02. The van der Waals surface area contributed by atoms with Crippen molar-refractivity contribution in [2.24, 2.45) is 22.7 Å². The summed E-state index contributed by atoms with van der Waals surface area (Å²) in [6.45, 7) is 2.28. The fraction of sp³-hybridized carbons (Fsp3) is 0.833. The van der Waals surface area contributed by atoms with Gasteiger partial charge in [-0.2, -0.15) is 0 Å². The summed E-state index contributed by atoms with van der Waals surface area (Å²) in [7, 11) is 0. The highest BCUT2D eigenvalue weighted by Gasteiger charge is 2.57. The van der Waals surface area contributed by atoms with E-state index in [2.05, 4.69) is 13.0 Å². The zero-order valence-corrected chi connectivity index (χ0v) is 12.5. The number of carbonyl (C=O) groups excluding carboxylic acids is 1. The molecular formula is C18H26O2. The van der Waals surface area contributed by atoms with Crippen molar-refractivity contribution in [1.29, 1.82) is 0 Å². The number of carbonyl (C=O) groups is 1. The smallest absolute Gasteiger partial charge is 0.143 e. The summed E-state index contributed by atoms with van der Waals surface area (Å²) in [5.41, 5.74) is 1.51. The van der Waals surface area contributed by atoms with E-state index in [1.54, 1.807) is 0 Å². The maximum atomic E-state index is 12.6. The Bertz CT molecular complexity index is 472. The van der Waals surface area contributed by atoms with Crippen molar-refractivity contribution in [3.63, 3.8) is 0 Å². The fourth-order valence-corrected chi connectivity index (χ4v) is 6.03. The summed E-state index contributed by atoms with van der Waals surface area (Å²) in [5, 5.41) is 10.4. The summed E-state index contributed by atoms with van der Waals surface area (Å²) in [6, 6.07) is 0. The van der Waals surface area contributed by atoms with Gasteiger partial charge in [-0.05, 0) is 50.4 Å². The summed E-state index contributed by atoms with van der Waals surface area (Å²) in [4.78, 5) is 12.6. The van der Waals surface area contributed by atoms with Gasteiger partial charge in [0.25, 0.3) is 0 Å². The predicted octanol–water partition coefficient (Wildman–Crippen LogP) is 3.63. The molecule has 0 aromatic rings. The van der Waals surface area contributed by atoms with E-state index >= 15 is 0 Å². The van der Waals surface area contributed by atoms with Gasteiger partial charge >= 0.3 is 0 Å². The van der Waals surface area contributed by atoms with Gasteiger partial charge in [0, 0.05) is 11.8 Å². The molecule has 2 nitrogen and oxygen atoms in total. The SMILES string of the molecule is C[C@@]12CC=C3[C@H](CCC(=O)C34CCCC4)[C@H]1CC[C@H]2O. The Kier molecular flexibility index (Phi) is 2.74. The Hall–Kier alpha value is -0.630. The molecule has 0 aliphatic heterocycles. The largest absolute Gasteiger partial charge is 0.393 e. The molecule has 4 rings (SSSR count). The molecule has 110 valence electrons. The number of hydrogen-bond acceptors (Lipinski definition) is 2. The first-order valence-corrected chi connectivity index (χ1v) is 8.50. The number of aliphatic hydroxyl groups excluding tert-OH is 1. The van der Waals surface area contributed by atoms with Crippen LogP contribution in [-0.4, -0.2) is 17.0 Å². The Morgan fingerprint density at radius 1 is 1.20 bits per heavy atom. The molecule has 0 radical (unpaired) electrons. The summed E-state index contributed by atoms with van der Waals surface area (Å²) >= 11 is 0. The van der Waals surface area contributed by atoms with E-state index in [4.69, 9.17) is 0 Å². The van der Waals surface area contributed by atoms with Crippen LogP contribution >= 0.6 is 0 Å². The second kappa shape index (κ2) is 4.19. The lowest BCUT2D eigenvalue weighted by molar-refractivity contribution is -0.130.